The molecule has 0 saturated carbocycles. The smallest absolute Gasteiger partial charge is 0.315 e. The molecule has 0 amide bonds. The lowest BCUT2D eigenvalue weighted by Crippen LogP contribution is -2.11. The Morgan fingerprint density at radius 2 is 1.67 bits per heavy atom. The summed E-state index contributed by atoms with van der Waals surface area (Å²) in [6, 6.07) is 4.01. The molecule has 0 bridgehead atoms. The molecule has 1 rings (SSSR count). The Balaban J connectivity index is 2.70. The second-order valence-corrected chi connectivity index (χ2v) is 5.25. The number of benzene rings is 1. The van der Waals surface area contributed by atoms with Gasteiger partial charge in [-0.2, -0.15) is 0 Å². The lowest BCUT2D eigenvalue weighted by atomic mass is 9.97. The van der Waals surface area contributed by atoms with Gasteiger partial charge in [0.15, 0.2) is 5.78 Å². The number of ketones is 1. The van der Waals surface area contributed by atoms with Crippen LogP contribution in [0.4, 0.5) is 0 Å². The highest BCUT2D eigenvalue weighted by Crippen LogP contribution is 2.18. The molecule has 0 aliphatic carbocycles. The van der Waals surface area contributed by atoms with Crippen LogP contribution >= 0.6 is 11.8 Å². The molecule has 1 aromatic carbocycles. The quantitative estimate of drug-likeness (QED) is 0.607. The molecule has 0 aliphatic rings. The van der Waals surface area contributed by atoms with Gasteiger partial charge in [0.2, 0.25) is 0 Å². The number of carbonyl (C=O) groups is 2. The van der Waals surface area contributed by atoms with Crippen LogP contribution in [0.3, 0.4) is 0 Å². The molecular formula is C14H18O3S. The topological polar surface area (TPSA) is 43.4 Å². The molecule has 0 aromatic heterocycles. The zero-order chi connectivity index (χ0) is 13.7. The fourth-order valence-corrected chi connectivity index (χ4v) is 2.69. The van der Waals surface area contributed by atoms with Crippen LogP contribution in [0, 0.1) is 20.8 Å². The largest absolute Gasteiger partial charge is 0.468 e. The van der Waals surface area contributed by atoms with E-state index in [9.17, 15) is 9.59 Å². The van der Waals surface area contributed by atoms with E-state index in [1.54, 1.807) is 0 Å². The van der Waals surface area contributed by atoms with Crippen LogP contribution in [0.2, 0.25) is 0 Å². The highest BCUT2D eigenvalue weighted by Gasteiger charge is 2.13. The number of thioether (sulfide) groups is 1. The van der Waals surface area contributed by atoms with Crippen LogP contribution in [0.15, 0.2) is 12.1 Å². The highest BCUT2D eigenvalue weighted by molar-refractivity contribution is 8.00. The second-order valence-electron chi connectivity index (χ2n) is 4.27. The summed E-state index contributed by atoms with van der Waals surface area (Å²) in [4.78, 5) is 23.0. The molecule has 4 heteroatoms. The Morgan fingerprint density at radius 3 is 2.17 bits per heavy atom. The molecule has 0 radical (unpaired) electrons. The number of rotatable bonds is 5. The van der Waals surface area contributed by atoms with E-state index in [0.717, 1.165) is 22.3 Å². The molecule has 0 unspecified atom stereocenters. The molecule has 0 spiro atoms. The summed E-state index contributed by atoms with van der Waals surface area (Å²) in [7, 11) is 1.35. The Kier molecular flexibility index (Phi) is 5.41. The Bertz CT molecular complexity index is 443. The number of Topliss-reactive ketones (excluding diaryl/α,β-unsaturated/α-hetero) is 1. The van der Waals surface area contributed by atoms with Gasteiger partial charge in [0.1, 0.15) is 0 Å². The van der Waals surface area contributed by atoms with Crippen molar-refractivity contribution in [2.24, 2.45) is 0 Å². The molecule has 0 N–H and O–H groups in total. The number of esters is 1. The Labute approximate surface area is 112 Å². The van der Waals surface area contributed by atoms with Crippen molar-refractivity contribution in [3.05, 3.63) is 34.4 Å². The average molecular weight is 266 g/mol. The molecule has 3 nitrogen and oxygen atoms in total. The van der Waals surface area contributed by atoms with Gasteiger partial charge >= 0.3 is 5.97 Å². The fourth-order valence-electron chi connectivity index (χ4n) is 1.98. The average Bonchev–Trinajstić information content (AvgIpc) is 2.27. The number of carbonyl (C=O) groups excluding carboxylic acids is 2. The summed E-state index contributed by atoms with van der Waals surface area (Å²) in [5.74, 6) is 0.288. The summed E-state index contributed by atoms with van der Waals surface area (Å²) in [6.07, 6.45) is 0. The van der Waals surface area contributed by atoms with Gasteiger partial charge in [-0.3, -0.25) is 9.59 Å². The van der Waals surface area contributed by atoms with Crippen molar-refractivity contribution in [2.75, 3.05) is 18.6 Å². The molecule has 18 heavy (non-hydrogen) atoms. The number of hydrogen-bond donors (Lipinski definition) is 0. The SMILES string of the molecule is COC(=O)CSCC(=O)c1c(C)cc(C)cc1C. The minimum absolute atomic E-state index is 0.0684. The van der Waals surface area contributed by atoms with Crippen LogP contribution in [0.25, 0.3) is 0 Å². The van der Waals surface area contributed by atoms with E-state index < -0.39 is 0 Å². The first-order valence-electron chi connectivity index (χ1n) is 5.71. The van der Waals surface area contributed by atoms with E-state index in [1.165, 1.54) is 18.9 Å². The van der Waals surface area contributed by atoms with Crippen LogP contribution in [-0.4, -0.2) is 30.4 Å². The fraction of sp³-hybridized carbons (Fsp3) is 0.429. The van der Waals surface area contributed by atoms with Gasteiger partial charge in [-0.15, -0.1) is 11.8 Å². The lowest BCUT2D eigenvalue weighted by molar-refractivity contribution is -0.137. The van der Waals surface area contributed by atoms with Crippen LogP contribution in [0.5, 0.6) is 0 Å². The second kappa shape index (κ2) is 6.59. The maximum Gasteiger partial charge on any atom is 0.315 e. The number of methoxy groups -OCH3 is 1. The summed E-state index contributed by atoms with van der Waals surface area (Å²) in [5, 5.41) is 0. The normalized spacial score (nSPS) is 10.2. The van der Waals surface area contributed by atoms with Crippen molar-refractivity contribution in [3.8, 4) is 0 Å². The lowest BCUT2D eigenvalue weighted by Gasteiger charge is -2.09. The standard InChI is InChI=1S/C14H18O3S/c1-9-5-10(2)14(11(3)6-9)12(15)7-18-8-13(16)17-4/h5-6H,7-8H2,1-4H3. The first kappa shape index (κ1) is 14.8. The maximum absolute atomic E-state index is 12.1. The van der Waals surface area contributed by atoms with Crippen molar-refractivity contribution in [2.45, 2.75) is 20.8 Å². The van der Waals surface area contributed by atoms with Crippen LogP contribution in [-0.2, 0) is 9.53 Å². The van der Waals surface area contributed by atoms with Gasteiger partial charge in [-0.1, -0.05) is 17.7 Å². The molecule has 0 heterocycles. The Hall–Kier alpha value is -1.29. The van der Waals surface area contributed by atoms with Gasteiger partial charge in [-0.05, 0) is 31.9 Å². The Morgan fingerprint density at radius 1 is 1.11 bits per heavy atom. The molecule has 0 aliphatic heterocycles. The van der Waals surface area contributed by atoms with Crippen molar-refractivity contribution >= 4 is 23.5 Å². The highest BCUT2D eigenvalue weighted by atomic mass is 32.2. The number of aryl methyl sites for hydroxylation is 3. The predicted molar refractivity (Wildman–Crippen MR) is 74.3 cm³/mol. The third-order valence-electron chi connectivity index (χ3n) is 2.64. The van der Waals surface area contributed by atoms with Crippen molar-refractivity contribution < 1.29 is 14.3 Å². The monoisotopic (exact) mass is 266 g/mol. The van der Waals surface area contributed by atoms with E-state index >= 15 is 0 Å². The number of ether oxygens (including phenoxy) is 1. The van der Waals surface area contributed by atoms with Gasteiger partial charge in [-0.25, -0.2) is 0 Å². The van der Waals surface area contributed by atoms with Gasteiger partial charge in [0, 0.05) is 5.56 Å². The minimum Gasteiger partial charge on any atom is -0.468 e. The van der Waals surface area contributed by atoms with Gasteiger partial charge in [0.05, 0.1) is 18.6 Å². The number of hydrogen-bond acceptors (Lipinski definition) is 4. The molecular weight excluding hydrogens is 248 g/mol. The summed E-state index contributed by atoms with van der Waals surface area (Å²) in [5.41, 5.74) is 3.93. The molecule has 98 valence electrons. The molecule has 1 aromatic rings. The first-order chi connectivity index (χ1) is 8.45. The summed E-state index contributed by atoms with van der Waals surface area (Å²) >= 11 is 1.29. The van der Waals surface area contributed by atoms with E-state index in [1.807, 2.05) is 32.9 Å². The van der Waals surface area contributed by atoms with Crippen molar-refractivity contribution in [3.63, 3.8) is 0 Å². The third kappa shape index (κ3) is 3.88. The van der Waals surface area contributed by atoms with E-state index in [4.69, 9.17) is 0 Å². The first-order valence-corrected chi connectivity index (χ1v) is 6.86. The van der Waals surface area contributed by atoms with E-state index in [-0.39, 0.29) is 17.5 Å². The van der Waals surface area contributed by atoms with Gasteiger partial charge in [0.25, 0.3) is 0 Å². The van der Waals surface area contributed by atoms with Crippen molar-refractivity contribution in [1.29, 1.82) is 0 Å². The van der Waals surface area contributed by atoms with Crippen LogP contribution in [0.1, 0.15) is 27.0 Å². The van der Waals surface area contributed by atoms with Gasteiger partial charge < -0.3 is 4.74 Å². The molecule has 0 atom stereocenters. The van der Waals surface area contributed by atoms with Crippen LogP contribution < -0.4 is 0 Å². The van der Waals surface area contributed by atoms with Crippen molar-refractivity contribution in [1.82, 2.24) is 0 Å². The van der Waals surface area contributed by atoms with E-state index in [2.05, 4.69) is 4.74 Å². The molecule has 0 saturated heterocycles. The maximum atomic E-state index is 12.1. The third-order valence-corrected chi connectivity index (χ3v) is 3.54. The molecule has 0 fully saturated rings. The predicted octanol–water partition coefficient (Wildman–Crippen LogP) is 2.70. The summed E-state index contributed by atoms with van der Waals surface area (Å²) in [6.45, 7) is 5.90. The minimum atomic E-state index is -0.301. The zero-order valence-corrected chi connectivity index (χ0v) is 12.0. The zero-order valence-electron chi connectivity index (χ0n) is 11.2. The summed E-state index contributed by atoms with van der Waals surface area (Å²) < 4.78 is 4.53. The van der Waals surface area contributed by atoms with E-state index in [0.29, 0.717) is 5.75 Å².